The van der Waals surface area contributed by atoms with Crippen LogP contribution in [0.2, 0.25) is 4.94 Å². The molecule has 3 nitrogen and oxygen atoms in total. The van der Waals surface area contributed by atoms with Gasteiger partial charge in [0.1, 0.15) is 0 Å². The molecule has 0 aromatic rings. The summed E-state index contributed by atoms with van der Waals surface area (Å²) in [6.45, 7) is 10.2. The van der Waals surface area contributed by atoms with Crippen LogP contribution in [-0.4, -0.2) is 69.3 Å². The second-order valence-corrected chi connectivity index (χ2v) is 16.1. The summed E-state index contributed by atoms with van der Waals surface area (Å²) in [5.41, 5.74) is 0. The maximum absolute atomic E-state index is 2.58. The Bertz CT molecular complexity index is 137. The molecule has 0 fully saturated rings. The predicted octanol–water partition coefficient (Wildman–Crippen LogP) is 1.41. The number of nitrogens with zero attached hydrogens (tertiary/aromatic N) is 3. The molecule has 0 unspecified atom stereocenters. The van der Waals surface area contributed by atoms with Crippen LogP contribution in [0.4, 0.5) is 0 Å². The van der Waals surface area contributed by atoms with Gasteiger partial charge in [-0.15, -0.1) is 0 Å². The van der Waals surface area contributed by atoms with Crippen molar-refractivity contribution in [3.63, 3.8) is 0 Å². The fourth-order valence-electron chi connectivity index (χ4n) is 1.77. The molecule has 0 N–H and O–H groups in total. The summed E-state index contributed by atoms with van der Waals surface area (Å²) in [7, 11) is 6.82. The number of rotatable bonds is 6. The molecule has 14 heavy (non-hydrogen) atoms. The van der Waals surface area contributed by atoms with Gasteiger partial charge in [-0.05, 0) is 0 Å². The van der Waals surface area contributed by atoms with Crippen LogP contribution < -0.4 is 0 Å². The first-order valence-electron chi connectivity index (χ1n) is 5.58. The van der Waals surface area contributed by atoms with Crippen LogP contribution in [0.1, 0.15) is 20.8 Å². The molecule has 0 aliphatic carbocycles. The summed E-state index contributed by atoms with van der Waals surface area (Å²) < 4.78 is 7.76. The van der Waals surface area contributed by atoms with E-state index in [1.54, 1.807) is 0 Å². The Kier molecular flexibility index (Phi) is 6.61. The van der Waals surface area contributed by atoms with Crippen LogP contribution in [-0.2, 0) is 0 Å². The Hall–Kier alpha value is 0.679. The summed E-state index contributed by atoms with van der Waals surface area (Å²) in [5, 5.41) is 0. The van der Waals surface area contributed by atoms with Gasteiger partial charge in [-0.1, -0.05) is 0 Å². The van der Waals surface area contributed by atoms with E-state index >= 15 is 0 Å². The van der Waals surface area contributed by atoms with Crippen LogP contribution >= 0.6 is 0 Å². The molecule has 0 aromatic heterocycles. The van der Waals surface area contributed by atoms with Crippen molar-refractivity contribution < 1.29 is 0 Å². The summed E-state index contributed by atoms with van der Waals surface area (Å²) in [6, 6.07) is 0. The standard InChI is InChI=1S/3C3H8N.CH3.Sn/c3*1-3-4-2;;/h3*3H2,1-2H3;1H3;/q3*-1;;+3. The fourth-order valence-corrected chi connectivity index (χ4v) is 11.9. The third-order valence-electron chi connectivity index (χ3n) is 3.59. The Morgan fingerprint density at radius 1 is 0.714 bits per heavy atom. The third-order valence-corrected chi connectivity index (χ3v) is 18.7. The van der Waals surface area contributed by atoms with Crippen molar-refractivity contribution in [2.45, 2.75) is 25.7 Å². The fraction of sp³-hybridized carbons (Fsp3) is 1.00. The molecular formula is C10H27N3Sn. The van der Waals surface area contributed by atoms with Gasteiger partial charge in [0.15, 0.2) is 0 Å². The van der Waals surface area contributed by atoms with E-state index in [4.69, 9.17) is 0 Å². The van der Waals surface area contributed by atoms with Crippen LogP contribution in [0.25, 0.3) is 0 Å². The van der Waals surface area contributed by atoms with Crippen LogP contribution in [0.15, 0.2) is 0 Å². The van der Waals surface area contributed by atoms with Gasteiger partial charge in [0.25, 0.3) is 0 Å². The first kappa shape index (κ1) is 14.7. The van der Waals surface area contributed by atoms with Gasteiger partial charge in [0, 0.05) is 0 Å². The first-order chi connectivity index (χ1) is 6.44. The molecule has 4 heteroatoms. The molecule has 0 aliphatic rings. The SMILES string of the molecule is CC[N](C)[Sn]([CH3])([N](C)CC)[N](C)CC. The quantitative estimate of drug-likeness (QED) is 0.687. The molecule has 0 radical (unpaired) electrons. The van der Waals surface area contributed by atoms with Crippen molar-refractivity contribution in [3.8, 4) is 0 Å². The molecule has 0 saturated heterocycles. The van der Waals surface area contributed by atoms with Crippen molar-refractivity contribution in [1.29, 1.82) is 0 Å². The molecule has 0 aromatic carbocycles. The van der Waals surface area contributed by atoms with Gasteiger partial charge in [0.2, 0.25) is 0 Å². The predicted molar refractivity (Wildman–Crippen MR) is 66.5 cm³/mol. The normalized spacial score (nSPS) is 13.3. The second kappa shape index (κ2) is 6.30. The van der Waals surface area contributed by atoms with Gasteiger partial charge in [0.05, 0.1) is 0 Å². The van der Waals surface area contributed by atoms with E-state index in [0.717, 1.165) is 19.6 Å². The van der Waals surface area contributed by atoms with Crippen LogP contribution in [0.3, 0.4) is 0 Å². The average molecular weight is 308 g/mol. The van der Waals surface area contributed by atoms with E-state index in [1.165, 1.54) is 0 Å². The van der Waals surface area contributed by atoms with Crippen molar-refractivity contribution in [3.05, 3.63) is 0 Å². The average Bonchev–Trinajstić information content (AvgIpc) is 2.24. The molecule has 0 atom stereocenters. The number of hydrogen-bond donors (Lipinski definition) is 0. The van der Waals surface area contributed by atoms with E-state index in [1.807, 2.05) is 0 Å². The zero-order valence-electron chi connectivity index (χ0n) is 11.0. The zero-order valence-corrected chi connectivity index (χ0v) is 13.8. The second-order valence-electron chi connectivity index (χ2n) is 4.01. The van der Waals surface area contributed by atoms with Gasteiger partial charge < -0.3 is 0 Å². The molecule has 86 valence electrons. The Morgan fingerprint density at radius 3 is 1.07 bits per heavy atom. The molecule has 0 aliphatic heterocycles. The van der Waals surface area contributed by atoms with E-state index in [-0.39, 0.29) is 0 Å². The summed E-state index contributed by atoms with van der Waals surface area (Å²) in [4.78, 5) is 2.49. The van der Waals surface area contributed by atoms with Gasteiger partial charge in [-0.2, -0.15) is 0 Å². The molecule has 0 rings (SSSR count). The maximum atomic E-state index is 2.58. The van der Waals surface area contributed by atoms with E-state index in [0.29, 0.717) is 0 Å². The Balaban J connectivity index is 4.83. The van der Waals surface area contributed by atoms with Gasteiger partial charge >= 0.3 is 95.0 Å². The third kappa shape index (κ3) is 2.84. The van der Waals surface area contributed by atoms with E-state index in [9.17, 15) is 0 Å². The van der Waals surface area contributed by atoms with E-state index < -0.39 is 19.2 Å². The van der Waals surface area contributed by atoms with Gasteiger partial charge in [-0.25, -0.2) is 0 Å². The Labute approximate surface area is 95.0 Å². The van der Waals surface area contributed by atoms with E-state index in [2.05, 4.69) is 56.2 Å². The zero-order chi connectivity index (χ0) is 11.4. The molecule has 0 bridgehead atoms. The monoisotopic (exact) mass is 309 g/mol. The molecule has 0 saturated carbocycles. The first-order valence-corrected chi connectivity index (χ1v) is 12.3. The summed E-state index contributed by atoms with van der Waals surface area (Å²) in [5.74, 6) is 0. The van der Waals surface area contributed by atoms with Crippen LogP contribution in [0, 0.1) is 0 Å². The van der Waals surface area contributed by atoms with Crippen molar-refractivity contribution in [2.75, 3.05) is 40.8 Å². The Morgan fingerprint density at radius 2 is 0.929 bits per heavy atom. The summed E-state index contributed by atoms with van der Waals surface area (Å²) in [6.07, 6.45) is 0. The molecule has 0 spiro atoms. The van der Waals surface area contributed by atoms with Crippen molar-refractivity contribution in [1.82, 2.24) is 9.36 Å². The molecule has 0 amide bonds. The molecule has 0 heterocycles. The minimum absolute atomic E-state index is 1.15. The van der Waals surface area contributed by atoms with Crippen molar-refractivity contribution in [2.24, 2.45) is 0 Å². The number of hydrogen-bond acceptors (Lipinski definition) is 3. The van der Waals surface area contributed by atoms with Crippen LogP contribution in [0.5, 0.6) is 0 Å². The topological polar surface area (TPSA) is 9.72 Å². The minimum atomic E-state index is -2.37. The van der Waals surface area contributed by atoms with Crippen molar-refractivity contribution >= 4 is 19.2 Å². The van der Waals surface area contributed by atoms with Gasteiger partial charge in [-0.3, -0.25) is 0 Å². The summed E-state index contributed by atoms with van der Waals surface area (Å²) >= 11 is -2.37. The molecular weight excluding hydrogens is 281 g/mol.